The normalized spacial score (nSPS) is 20.3. The molecule has 1 aliphatic carbocycles. The lowest BCUT2D eigenvalue weighted by Crippen LogP contribution is -2.37. The van der Waals surface area contributed by atoms with Crippen molar-refractivity contribution in [2.24, 2.45) is 11.8 Å². The number of fused-ring (bicyclic) bond motifs is 1. The van der Waals surface area contributed by atoms with Crippen molar-refractivity contribution in [1.82, 2.24) is 4.90 Å². The average molecular weight is 420 g/mol. The molecule has 2 aromatic rings. The highest BCUT2D eigenvalue weighted by Crippen LogP contribution is 2.37. The van der Waals surface area contributed by atoms with E-state index in [0.717, 1.165) is 28.9 Å². The van der Waals surface area contributed by atoms with E-state index in [0.29, 0.717) is 18.5 Å². The van der Waals surface area contributed by atoms with Gasteiger partial charge >= 0.3 is 5.97 Å². The smallest absolute Gasteiger partial charge is 0.326 e. The van der Waals surface area contributed by atoms with Gasteiger partial charge in [0.1, 0.15) is 6.54 Å². The van der Waals surface area contributed by atoms with E-state index in [-0.39, 0.29) is 23.7 Å². The summed E-state index contributed by atoms with van der Waals surface area (Å²) in [4.78, 5) is 50.4. The number of nitrogens with one attached hydrogen (secondary N) is 1. The van der Waals surface area contributed by atoms with Gasteiger partial charge in [-0.15, -0.1) is 0 Å². The predicted octanol–water partition coefficient (Wildman–Crippen LogP) is 3.01. The number of ether oxygens (including phenoxy) is 1. The number of carbonyl (C=O) groups excluding carboxylic acids is 4. The molecule has 0 radical (unpaired) electrons. The molecule has 0 spiro atoms. The Morgan fingerprint density at radius 3 is 2.19 bits per heavy atom. The summed E-state index contributed by atoms with van der Waals surface area (Å²) in [5, 5.41) is 2.75. The van der Waals surface area contributed by atoms with E-state index in [4.69, 9.17) is 4.74 Å². The van der Waals surface area contributed by atoms with Crippen molar-refractivity contribution in [3.63, 3.8) is 0 Å². The Bertz CT molecular complexity index is 980. The number of hydrogen-bond donors (Lipinski definition) is 1. The van der Waals surface area contributed by atoms with Gasteiger partial charge in [0, 0.05) is 11.3 Å². The monoisotopic (exact) mass is 420 g/mol. The molecule has 0 aromatic heterocycles. The van der Waals surface area contributed by atoms with Crippen LogP contribution in [0.25, 0.3) is 11.1 Å². The highest BCUT2D eigenvalue weighted by atomic mass is 16.5. The molecular formula is C24H24N2O5. The summed E-state index contributed by atoms with van der Waals surface area (Å²) in [6.07, 6.45) is 3.21. The van der Waals surface area contributed by atoms with Crippen LogP contribution >= 0.6 is 0 Å². The van der Waals surface area contributed by atoms with Gasteiger partial charge in [0.2, 0.25) is 11.8 Å². The quantitative estimate of drug-likeness (QED) is 0.573. The second kappa shape index (κ2) is 9.12. The molecular weight excluding hydrogens is 396 g/mol. The summed E-state index contributed by atoms with van der Waals surface area (Å²) >= 11 is 0. The first-order chi connectivity index (χ1) is 15.0. The number of esters is 1. The van der Waals surface area contributed by atoms with Gasteiger partial charge in [0.15, 0.2) is 6.61 Å². The zero-order valence-electron chi connectivity index (χ0n) is 17.1. The topological polar surface area (TPSA) is 92.8 Å². The summed E-state index contributed by atoms with van der Waals surface area (Å²) < 4.78 is 5.04. The largest absolute Gasteiger partial charge is 0.454 e. The summed E-state index contributed by atoms with van der Waals surface area (Å²) in [5.74, 6) is -2.49. The van der Waals surface area contributed by atoms with Crippen LogP contribution in [0.2, 0.25) is 0 Å². The molecule has 2 fully saturated rings. The lowest BCUT2D eigenvalue weighted by Gasteiger charge is -2.19. The second-order valence-electron chi connectivity index (χ2n) is 7.88. The van der Waals surface area contributed by atoms with E-state index in [9.17, 15) is 19.2 Å². The maximum Gasteiger partial charge on any atom is 0.326 e. The first-order valence-corrected chi connectivity index (χ1v) is 10.5. The minimum atomic E-state index is -0.771. The van der Waals surface area contributed by atoms with Crippen molar-refractivity contribution in [1.29, 1.82) is 0 Å². The van der Waals surface area contributed by atoms with Crippen molar-refractivity contribution >= 4 is 29.4 Å². The molecule has 2 aromatic carbocycles. The molecule has 4 rings (SSSR count). The van der Waals surface area contributed by atoms with Crippen LogP contribution in [0.15, 0.2) is 54.6 Å². The summed E-state index contributed by atoms with van der Waals surface area (Å²) in [7, 11) is 0. The number of nitrogens with zero attached hydrogens (tertiary/aromatic N) is 1. The number of likely N-dealkylation sites (tertiary alicyclic amines) is 1. The molecule has 0 bridgehead atoms. The number of benzene rings is 2. The maximum atomic E-state index is 12.5. The Labute approximate surface area is 180 Å². The fraction of sp³-hybridized carbons (Fsp3) is 0.333. The molecule has 1 heterocycles. The van der Waals surface area contributed by atoms with E-state index < -0.39 is 25.0 Å². The van der Waals surface area contributed by atoms with Crippen LogP contribution in [-0.4, -0.2) is 41.7 Å². The third kappa shape index (κ3) is 4.50. The molecule has 1 aliphatic heterocycles. The van der Waals surface area contributed by atoms with Gasteiger partial charge in [0.05, 0.1) is 11.8 Å². The molecule has 7 heteroatoms. The fourth-order valence-corrected chi connectivity index (χ4v) is 4.36. The van der Waals surface area contributed by atoms with Crippen LogP contribution in [0.1, 0.15) is 25.7 Å². The predicted molar refractivity (Wildman–Crippen MR) is 114 cm³/mol. The Kier molecular flexibility index (Phi) is 6.11. The summed E-state index contributed by atoms with van der Waals surface area (Å²) in [6, 6.07) is 16.9. The molecule has 7 nitrogen and oxygen atoms in total. The molecule has 2 atom stereocenters. The van der Waals surface area contributed by atoms with Crippen LogP contribution in [0.4, 0.5) is 5.69 Å². The second-order valence-corrected chi connectivity index (χ2v) is 7.88. The third-order valence-corrected chi connectivity index (χ3v) is 5.87. The first-order valence-electron chi connectivity index (χ1n) is 10.5. The highest BCUT2D eigenvalue weighted by molar-refractivity contribution is 6.07. The van der Waals surface area contributed by atoms with Crippen molar-refractivity contribution in [3.05, 3.63) is 54.6 Å². The average Bonchev–Trinajstić information content (AvgIpc) is 3.04. The van der Waals surface area contributed by atoms with E-state index in [1.807, 2.05) is 42.5 Å². The summed E-state index contributed by atoms with van der Waals surface area (Å²) in [6.45, 7) is -0.941. The molecule has 160 valence electrons. The van der Waals surface area contributed by atoms with Crippen LogP contribution in [0.5, 0.6) is 0 Å². The lowest BCUT2D eigenvalue weighted by atomic mass is 9.81. The fourth-order valence-electron chi connectivity index (χ4n) is 4.36. The number of anilines is 1. The Hall–Kier alpha value is -3.48. The molecule has 31 heavy (non-hydrogen) atoms. The van der Waals surface area contributed by atoms with Crippen molar-refractivity contribution in [2.45, 2.75) is 25.7 Å². The minimum absolute atomic E-state index is 0.298. The molecule has 0 unspecified atom stereocenters. The number of rotatable bonds is 6. The Morgan fingerprint density at radius 2 is 1.52 bits per heavy atom. The molecule has 2 aliphatic rings. The number of imide groups is 1. The Morgan fingerprint density at radius 1 is 0.903 bits per heavy atom. The zero-order valence-corrected chi connectivity index (χ0v) is 17.1. The lowest BCUT2D eigenvalue weighted by molar-refractivity contribution is -0.154. The zero-order chi connectivity index (χ0) is 21.8. The van der Waals surface area contributed by atoms with Crippen molar-refractivity contribution < 1.29 is 23.9 Å². The first kappa shape index (κ1) is 20.8. The Balaban J connectivity index is 1.32. The highest BCUT2D eigenvalue weighted by Gasteiger charge is 2.48. The number of hydrogen-bond acceptors (Lipinski definition) is 5. The van der Waals surface area contributed by atoms with E-state index in [1.165, 1.54) is 0 Å². The van der Waals surface area contributed by atoms with Crippen LogP contribution in [-0.2, 0) is 23.9 Å². The van der Waals surface area contributed by atoms with Crippen LogP contribution in [0.3, 0.4) is 0 Å². The molecule has 1 saturated carbocycles. The maximum absolute atomic E-state index is 12.5. The van der Waals surface area contributed by atoms with Gasteiger partial charge in [-0.3, -0.25) is 24.1 Å². The van der Waals surface area contributed by atoms with Crippen LogP contribution < -0.4 is 5.32 Å². The van der Waals surface area contributed by atoms with Crippen molar-refractivity contribution in [3.8, 4) is 11.1 Å². The summed E-state index contributed by atoms with van der Waals surface area (Å²) in [5.41, 5.74) is 2.39. The minimum Gasteiger partial charge on any atom is -0.454 e. The molecule has 3 amide bonds. The van der Waals surface area contributed by atoms with Crippen LogP contribution in [0, 0.1) is 11.8 Å². The van der Waals surface area contributed by atoms with Gasteiger partial charge in [-0.25, -0.2) is 0 Å². The third-order valence-electron chi connectivity index (χ3n) is 5.87. The SMILES string of the molecule is O=C(COC(=O)CN1C(=O)[C@H]2CCCC[C@H]2C1=O)Nc1ccccc1-c1ccccc1. The number of carbonyl (C=O) groups is 4. The van der Waals surface area contributed by atoms with E-state index in [2.05, 4.69) is 5.32 Å². The standard InChI is InChI=1S/C24H24N2O5/c27-21(25-20-13-7-6-10-17(20)16-8-2-1-3-9-16)15-31-22(28)14-26-23(29)18-11-4-5-12-19(18)24(26)30/h1-3,6-10,13,18-19H,4-5,11-12,14-15H2,(H,25,27)/t18-,19+. The molecule has 1 N–H and O–H groups in total. The van der Waals surface area contributed by atoms with Crippen molar-refractivity contribution in [2.75, 3.05) is 18.5 Å². The van der Waals surface area contributed by atoms with E-state index in [1.54, 1.807) is 12.1 Å². The van der Waals surface area contributed by atoms with Gasteiger partial charge < -0.3 is 10.1 Å². The number of amides is 3. The van der Waals surface area contributed by atoms with Gasteiger partial charge in [0.25, 0.3) is 5.91 Å². The molecule has 1 saturated heterocycles. The number of para-hydroxylation sites is 1. The van der Waals surface area contributed by atoms with Gasteiger partial charge in [-0.1, -0.05) is 61.4 Å². The van der Waals surface area contributed by atoms with E-state index >= 15 is 0 Å². The van der Waals surface area contributed by atoms with Gasteiger partial charge in [-0.05, 0) is 24.5 Å². The van der Waals surface area contributed by atoms with Gasteiger partial charge in [-0.2, -0.15) is 0 Å².